The Balaban J connectivity index is 1.82. The first-order valence-corrected chi connectivity index (χ1v) is 10.1. The molecule has 0 spiro atoms. The molecule has 7 nitrogen and oxygen atoms in total. The quantitative estimate of drug-likeness (QED) is 0.501. The molecule has 0 bridgehead atoms. The minimum atomic E-state index is -1.07. The van der Waals surface area contributed by atoms with Crippen LogP contribution in [0.5, 0.6) is 0 Å². The number of benzene rings is 2. The Morgan fingerprint density at radius 1 is 1.28 bits per heavy atom. The van der Waals surface area contributed by atoms with E-state index in [-0.39, 0.29) is 11.3 Å². The fourth-order valence-electron chi connectivity index (χ4n) is 3.52. The minimum absolute atomic E-state index is 0.0600. The van der Waals surface area contributed by atoms with Crippen LogP contribution in [0.15, 0.2) is 47.1 Å². The predicted octanol–water partition coefficient (Wildman–Crippen LogP) is 3.85. The van der Waals surface area contributed by atoms with Crippen LogP contribution in [0.3, 0.4) is 0 Å². The highest BCUT2D eigenvalue weighted by atomic mass is 79.9. The number of aromatic nitrogens is 1. The van der Waals surface area contributed by atoms with Crippen LogP contribution in [0, 0.1) is 0 Å². The second-order valence-corrected chi connectivity index (χ2v) is 7.82. The largest absolute Gasteiger partial charge is 0.478 e. The first-order chi connectivity index (χ1) is 14.0. The van der Waals surface area contributed by atoms with Gasteiger partial charge in [-0.15, -0.1) is 0 Å². The zero-order chi connectivity index (χ0) is 20.4. The van der Waals surface area contributed by atoms with E-state index in [1.165, 1.54) is 0 Å². The van der Waals surface area contributed by atoms with Crippen LogP contribution in [0.4, 0.5) is 17.1 Å². The van der Waals surface area contributed by atoms with Gasteiger partial charge in [0.2, 0.25) is 0 Å². The molecule has 1 saturated heterocycles. The van der Waals surface area contributed by atoms with Gasteiger partial charge in [0.05, 0.1) is 30.1 Å². The standard InChI is InChI=1S/C21H21BrN4O3/c22-14-4-5-17-15(10-14)20(13(11-24-17)12-26-6-8-29-9-7-26)25-18-3-1-2-16(23)19(18)21(27)28/h1-5,10-11H,6-9,12,23H2,(H,24,25)(H,27,28). The molecule has 0 saturated carbocycles. The van der Waals surface area contributed by atoms with Crippen LogP contribution in [0.2, 0.25) is 0 Å². The summed E-state index contributed by atoms with van der Waals surface area (Å²) in [6, 6.07) is 10.9. The van der Waals surface area contributed by atoms with Gasteiger partial charge < -0.3 is 20.9 Å². The summed E-state index contributed by atoms with van der Waals surface area (Å²) in [5.74, 6) is -1.07. The average Bonchev–Trinajstić information content (AvgIpc) is 2.70. The van der Waals surface area contributed by atoms with E-state index in [1.54, 1.807) is 18.2 Å². The van der Waals surface area contributed by atoms with Gasteiger partial charge in [0, 0.05) is 46.9 Å². The Hall–Kier alpha value is -2.68. The number of anilines is 3. The van der Waals surface area contributed by atoms with Crippen molar-refractivity contribution in [3.8, 4) is 0 Å². The second kappa shape index (κ2) is 8.36. The molecule has 0 atom stereocenters. The number of rotatable bonds is 5. The van der Waals surface area contributed by atoms with Crippen molar-refractivity contribution in [2.24, 2.45) is 0 Å². The minimum Gasteiger partial charge on any atom is -0.478 e. The van der Waals surface area contributed by atoms with Gasteiger partial charge in [-0.2, -0.15) is 0 Å². The van der Waals surface area contributed by atoms with Crippen molar-refractivity contribution in [1.29, 1.82) is 0 Å². The lowest BCUT2D eigenvalue weighted by molar-refractivity contribution is 0.0342. The number of carboxylic acid groups (broad SMARTS) is 1. The molecule has 2 aromatic carbocycles. The fraction of sp³-hybridized carbons (Fsp3) is 0.238. The Bertz CT molecular complexity index is 1070. The number of nitrogens with one attached hydrogen (secondary N) is 1. The van der Waals surface area contributed by atoms with Gasteiger partial charge in [0.25, 0.3) is 0 Å². The highest BCUT2D eigenvalue weighted by Gasteiger charge is 2.19. The molecule has 0 aliphatic carbocycles. The molecule has 4 rings (SSSR count). The Morgan fingerprint density at radius 3 is 2.83 bits per heavy atom. The van der Waals surface area contributed by atoms with E-state index in [4.69, 9.17) is 10.5 Å². The number of pyridine rings is 1. The monoisotopic (exact) mass is 456 g/mol. The number of nitrogens with zero attached hydrogens (tertiary/aromatic N) is 2. The summed E-state index contributed by atoms with van der Waals surface area (Å²) >= 11 is 3.53. The lowest BCUT2D eigenvalue weighted by Gasteiger charge is -2.28. The number of hydrogen-bond donors (Lipinski definition) is 3. The first-order valence-electron chi connectivity index (χ1n) is 9.29. The number of carboxylic acids is 1. The molecule has 1 aliphatic heterocycles. The fourth-order valence-corrected chi connectivity index (χ4v) is 3.88. The smallest absolute Gasteiger partial charge is 0.339 e. The Morgan fingerprint density at radius 2 is 2.07 bits per heavy atom. The summed E-state index contributed by atoms with van der Waals surface area (Å²) in [5, 5.41) is 13.9. The number of morpholine rings is 1. The molecule has 2 heterocycles. The zero-order valence-electron chi connectivity index (χ0n) is 15.7. The van der Waals surface area contributed by atoms with Crippen molar-refractivity contribution in [2.75, 3.05) is 37.4 Å². The van der Waals surface area contributed by atoms with Gasteiger partial charge >= 0.3 is 5.97 Å². The number of fused-ring (bicyclic) bond motifs is 1. The molecule has 0 unspecified atom stereocenters. The van der Waals surface area contributed by atoms with E-state index >= 15 is 0 Å². The molecule has 0 radical (unpaired) electrons. The Labute approximate surface area is 176 Å². The second-order valence-electron chi connectivity index (χ2n) is 6.91. The number of carbonyl (C=O) groups is 1. The van der Waals surface area contributed by atoms with Gasteiger partial charge in [-0.1, -0.05) is 22.0 Å². The van der Waals surface area contributed by atoms with Crippen LogP contribution in [-0.4, -0.2) is 47.3 Å². The molecule has 4 N–H and O–H groups in total. The number of aromatic carboxylic acids is 1. The first kappa shape index (κ1) is 19.6. The van der Waals surface area contributed by atoms with E-state index in [0.29, 0.717) is 25.4 Å². The van der Waals surface area contributed by atoms with Gasteiger partial charge in [0.15, 0.2) is 0 Å². The van der Waals surface area contributed by atoms with E-state index < -0.39 is 5.97 Å². The third kappa shape index (κ3) is 4.19. The van der Waals surface area contributed by atoms with Crippen LogP contribution in [-0.2, 0) is 11.3 Å². The Kier molecular flexibility index (Phi) is 5.66. The number of nitrogens with two attached hydrogens (primary N) is 1. The van der Waals surface area contributed by atoms with Crippen molar-refractivity contribution >= 4 is 49.9 Å². The third-order valence-corrected chi connectivity index (χ3v) is 5.47. The van der Waals surface area contributed by atoms with Crippen molar-refractivity contribution in [2.45, 2.75) is 6.54 Å². The van der Waals surface area contributed by atoms with Crippen LogP contribution < -0.4 is 11.1 Å². The van der Waals surface area contributed by atoms with E-state index in [9.17, 15) is 9.90 Å². The van der Waals surface area contributed by atoms with Gasteiger partial charge in [-0.25, -0.2) is 4.79 Å². The molecule has 0 amide bonds. The maximum absolute atomic E-state index is 11.8. The van der Waals surface area contributed by atoms with Gasteiger partial charge in [-0.05, 0) is 30.3 Å². The van der Waals surface area contributed by atoms with Crippen molar-refractivity contribution in [3.05, 3.63) is 58.2 Å². The molecule has 29 heavy (non-hydrogen) atoms. The van der Waals surface area contributed by atoms with E-state index in [1.807, 2.05) is 24.4 Å². The zero-order valence-corrected chi connectivity index (χ0v) is 17.3. The topological polar surface area (TPSA) is 101 Å². The van der Waals surface area contributed by atoms with Crippen LogP contribution >= 0.6 is 15.9 Å². The van der Waals surface area contributed by atoms with Gasteiger partial charge in [0.1, 0.15) is 5.56 Å². The summed E-state index contributed by atoms with van der Waals surface area (Å²) in [6.07, 6.45) is 1.85. The summed E-state index contributed by atoms with van der Waals surface area (Å²) in [5.41, 5.74) is 9.30. The molecule has 1 aliphatic rings. The SMILES string of the molecule is Nc1cccc(Nc2c(CN3CCOCC3)cnc3ccc(Br)cc23)c1C(=O)O. The molecule has 3 aromatic rings. The molecule has 1 aromatic heterocycles. The number of ether oxygens (including phenoxy) is 1. The summed E-state index contributed by atoms with van der Waals surface area (Å²) in [4.78, 5) is 18.7. The van der Waals surface area contributed by atoms with E-state index in [0.717, 1.165) is 39.7 Å². The maximum atomic E-state index is 11.8. The lowest BCUT2D eigenvalue weighted by Crippen LogP contribution is -2.35. The van der Waals surface area contributed by atoms with Crippen molar-refractivity contribution in [1.82, 2.24) is 9.88 Å². The predicted molar refractivity (Wildman–Crippen MR) is 117 cm³/mol. The number of hydrogen-bond acceptors (Lipinski definition) is 6. The highest BCUT2D eigenvalue weighted by molar-refractivity contribution is 9.10. The van der Waals surface area contributed by atoms with Gasteiger partial charge in [-0.3, -0.25) is 9.88 Å². The average molecular weight is 457 g/mol. The maximum Gasteiger partial charge on any atom is 0.339 e. The van der Waals surface area contributed by atoms with E-state index in [2.05, 4.69) is 31.1 Å². The normalized spacial score (nSPS) is 14.8. The highest BCUT2D eigenvalue weighted by Crippen LogP contribution is 2.34. The molecule has 150 valence electrons. The summed E-state index contributed by atoms with van der Waals surface area (Å²) in [6.45, 7) is 3.77. The summed E-state index contributed by atoms with van der Waals surface area (Å²) in [7, 11) is 0. The third-order valence-electron chi connectivity index (χ3n) is 4.98. The van der Waals surface area contributed by atoms with Crippen LogP contribution in [0.25, 0.3) is 10.9 Å². The number of nitrogen functional groups attached to an aromatic ring is 1. The van der Waals surface area contributed by atoms with Crippen LogP contribution in [0.1, 0.15) is 15.9 Å². The van der Waals surface area contributed by atoms with Crippen molar-refractivity contribution < 1.29 is 14.6 Å². The molecule has 8 heteroatoms. The molecular weight excluding hydrogens is 436 g/mol. The lowest BCUT2D eigenvalue weighted by atomic mass is 10.1. The van der Waals surface area contributed by atoms with Crippen molar-refractivity contribution in [3.63, 3.8) is 0 Å². The number of halogens is 1. The summed E-state index contributed by atoms with van der Waals surface area (Å²) < 4.78 is 6.37. The molecular formula is C21H21BrN4O3. The molecule has 1 fully saturated rings.